The Hall–Kier alpha value is -1.13. The van der Waals surface area contributed by atoms with Gasteiger partial charge in [-0.25, -0.2) is 0 Å². The van der Waals surface area contributed by atoms with Gasteiger partial charge in [0.2, 0.25) is 0 Å². The van der Waals surface area contributed by atoms with Crippen molar-refractivity contribution in [2.75, 3.05) is 0 Å². The van der Waals surface area contributed by atoms with Crippen molar-refractivity contribution in [1.29, 1.82) is 0 Å². The van der Waals surface area contributed by atoms with E-state index in [1.165, 1.54) is 23.1 Å². The molecular formula is C20H28Si2. The quantitative estimate of drug-likeness (QED) is 0.624. The minimum atomic E-state index is -1.30. The summed E-state index contributed by atoms with van der Waals surface area (Å²) in [5, 5.41) is 3.50. The molecule has 22 heavy (non-hydrogen) atoms. The molecule has 1 atom stereocenters. The summed E-state index contributed by atoms with van der Waals surface area (Å²) in [6.07, 6.45) is 6.26. The minimum absolute atomic E-state index is 0.541. The van der Waals surface area contributed by atoms with Crippen LogP contribution < -0.4 is 0 Å². The highest BCUT2D eigenvalue weighted by Gasteiger charge is 2.34. The molecule has 3 rings (SSSR count). The maximum Gasteiger partial charge on any atom is 0.0775 e. The van der Waals surface area contributed by atoms with E-state index in [4.69, 9.17) is 0 Å². The average Bonchev–Trinajstić information content (AvgIpc) is 2.97. The summed E-state index contributed by atoms with van der Waals surface area (Å²) >= 11 is 0. The molecule has 0 nitrogen and oxygen atoms in total. The zero-order valence-corrected chi connectivity index (χ0v) is 17.0. The van der Waals surface area contributed by atoms with Crippen LogP contribution in [0.25, 0.3) is 6.08 Å². The summed E-state index contributed by atoms with van der Waals surface area (Å²) < 4.78 is 0. The van der Waals surface area contributed by atoms with Gasteiger partial charge in [-0.1, -0.05) is 90.7 Å². The second-order valence-electron chi connectivity index (χ2n) is 8.19. The van der Waals surface area contributed by atoms with Gasteiger partial charge in [0.15, 0.2) is 0 Å². The highest BCUT2D eigenvalue weighted by atomic mass is 28.3. The summed E-state index contributed by atoms with van der Waals surface area (Å²) in [7, 11) is -1.99. The van der Waals surface area contributed by atoms with Crippen LogP contribution in [0.5, 0.6) is 0 Å². The van der Waals surface area contributed by atoms with E-state index < -0.39 is 16.9 Å². The van der Waals surface area contributed by atoms with E-state index in [9.17, 15) is 0 Å². The van der Waals surface area contributed by atoms with Crippen LogP contribution >= 0.6 is 0 Å². The molecule has 2 aliphatic rings. The average molecular weight is 325 g/mol. The Bertz CT molecular complexity index is 697. The summed E-state index contributed by atoms with van der Waals surface area (Å²) in [5.74, 6) is 0.541. The van der Waals surface area contributed by atoms with E-state index in [1.54, 1.807) is 16.0 Å². The lowest BCUT2D eigenvalue weighted by molar-refractivity contribution is 0.909. The fourth-order valence-electron chi connectivity index (χ4n) is 3.91. The molecule has 0 amide bonds. The topological polar surface area (TPSA) is 0 Å². The maximum absolute atomic E-state index is 2.62. The number of allylic oxidation sites excluding steroid dienone is 5. The fraction of sp³-hybridized carbons (Fsp3) is 0.400. The predicted molar refractivity (Wildman–Crippen MR) is 105 cm³/mol. The van der Waals surface area contributed by atoms with Crippen LogP contribution in [-0.4, -0.2) is 16.9 Å². The van der Waals surface area contributed by atoms with Crippen LogP contribution in [0.2, 0.25) is 32.7 Å². The van der Waals surface area contributed by atoms with Gasteiger partial charge in [0.25, 0.3) is 0 Å². The second kappa shape index (κ2) is 5.50. The van der Waals surface area contributed by atoms with Crippen molar-refractivity contribution >= 4 is 22.9 Å². The minimum Gasteiger partial charge on any atom is -0.0807 e. The predicted octanol–water partition coefficient (Wildman–Crippen LogP) is 5.72. The van der Waals surface area contributed by atoms with Crippen LogP contribution in [0.4, 0.5) is 0 Å². The van der Waals surface area contributed by atoms with Crippen LogP contribution in [0.3, 0.4) is 0 Å². The zero-order valence-electron chi connectivity index (χ0n) is 14.8. The van der Waals surface area contributed by atoms with Crippen molar-refractivity contribution in [3.05, 3.63) is 63.0 Å². The number of benzene rings is 1. The third-order valence-corrected chi connectivity index (χ3v) is 9.05. The highest BCUT2D eigenvalue weighted by Crippen LogP contribution is 2.48. The normalized spacial score (nSPS) is 21.3. The Morgan fingerprint density at radius 3 is 2.36 bits per heavy atom. The van der Waals surface area contributed by atoms with Gasteiger partial charge in [0.1, 0.15) is 0 Å². The molecule has 116 valence electrons. The van der Waals surface area contributed by atoms with Crippen molar-refractivity contribution in [2.45, 2.75) is 52.0 Å². The van der Waals surface area contributed by atoms with Gasteiger partial charge < -0.3 is 0 Å². The fourth-order valence-corrected chi connectivity index (χ4v) is 7.02. The molecule has 2 heteroatoms. The first-order chi connectivity index (χ1) is 10.3. The van der Waals surface area contributed by atoms with Crippen molar-refractivity contribution < 1.29 is 0 Å². The zero-order chi connectivity index (χ0) is 16.1. The van der Waals surface area contributed by atoms with Crippen molar-refractivity contribution in [1.82, 2.24) is 0 Å². The maximum atomic E-state index is 2.62. The molecule has 0 radical (unpaired) electrons. The largest absolute Gasteiger partial charge is 0.0807 e. The van der Waals surface area contributed by atoms with E-state index in [0.717, 1.165) is 0 Å². The van der Waals surface area contributed by atoms with Gasteiger partial charge in [0.05, 0.1) is 16.9 Å². The van der Waals surface area contributed by atoms with Crippen molar-refractivity contribution in [3.8, 4) is 0 Å². The van der Waals surface area contributed by atoms with Crippen molar-refractivity contribution in [3.63, 3.8) is 0 Å². The molecule has 2 aliphatic carbocycles. The second-order valence-corrected chi connectivity index (χ2v) is 16.3. The van der Waals surface area contributed by atoms with E-state index in [0.29, 0.717) is 5.92 Å². The first kappa shape index (κ1) is 15.8. The van der Waals surface area contributed by atoms with Crippen LogP contribution in [0.15, 0.2) is 51.9 Å². The van der Waals surface area contributed by atoms with E-state index in [-0.39, 0.29) is 0 Å². The van der Waals surface area contributed by atoms with Crippen molar-refractivity contribution in [2.24, 2.45) is 0 Å². The molecule has 0 aromatic heterocycles. The lowest BCUT2D eigenvalue weighted by Gasteiger charge is -2.25. The van der Waals surface area contributed by atoms with Gasteiger partial charge in [-0.05, 0) is 24.5 Å². The van der Waals surface area contributed by atoms with Crippen LogP contribution in [0, 0.1) is 0 Å². The van der Waals surface area contributed by atoms with E-state index in [2.05, 4.69) is 76.1 Å². The molecule has 1 aromatic carbocycles. The molecule has 0 spiro atoms. The molecule has 0 unspecified atom stereocenters. The standard InChI is InChI=1S/C20H28Si2/c1-14-11-15-9-7-8-10-17(15)20(14)18-12-16(21(2)3)13-19(18)22(4,5)6/h7-11,13,20-21H,12H2,1-6H3/t20-/m1/s1. The van der Waals surface area contributed by atoms with Gasteiger partial charge in [-0.15, -0.1) is 0 Å². The Labute approximate surface area is 138 Å². The third kappa shape index (κ3) is 2.63. The molecule has 0 heterocycles. The number of hydrogen-bond donors (Lipinski definition) is 0. The van der Waals surface area contributed by atoms with Crippen LogP contribution in [-0.2, 0) is 0 Å². The summed E-state index contributed by atoms with van der Waals surface area (Å²) in [6.45, 7) is 14.8. The molecule has 0 fully saturated rings. The number of rotatable bonds is 3. The SMILES string of the molecule is CC1=Cc2ccccc2[C@@H]1C1=C([Si](C)(C)C)C=C([SiH](C)C)C1. The molecule has 0 aliphatic heterocycles. The lowest BCUT2D eigenvalue weighted by atomic mass is 9.88. The molecule has 0 bridgehead atoms. The first-order valence-electron chi connectivity index (χ1n) is 8.50. The Morgan fingerprint density at radius 2 is 1.73 bits per heavy atom. The molecule has 0 N–H and O–H groups in total. The van der Waals surface area contributed by atoms with Gasteiger partial charge in [-0.2, -0.15) is 0 Å². The highest BCUT2D eigenvalue weighted by molar-refractivity contribution is 6.84. The summed E-state index contributed by atoms with van der Waals surface area (Å²) in [5.41, 5.74) is 6.23. The Balaban J connectivity index is 2.10. The smallest absolute Gasteiger partial charge is 0.0775 e. The Morgan fingerprint density at radius 1 is 1.05 bits per heavy atom. The molecule has 1 aromatic rings. The molecule has 0 saturated heterocycles. The third-order valence-electron chi connectivity index (χ3n) is 5.11. The first-order valence-corrected chi connectivity index (χ1v) is 14.9. The summed E-state index contributed by atoms with van der Waals surface area (Å²) in [6, 6.07) is 8.98. The van der Waals surface area contributed by atoms with Crippen LogP contribution in [0.1, 0.15) is 30.4 Å². The van der Waals surface area contributed by atoms with E-state index >= 15 is 0 Å². The monoisotopic (exact) mass is 324 g/mol. The van der Waals surface area contributed by atoms with Gasteiger partial charge in [-0.3, -0.25) is 0 Å². The van der Waals surface area contributed by atoms with E-state index in [1.807, 2.05) is 0 Å². The number of fused-ring (bicyclic) bond motifs is 1. The van der Waals surface area contributed by atoms with Gasteiger partial charge in [0, 0.05) is 5.92 Å². The summed E-state index contributed by atoms with van der Waals surface area (Å²) in [4.78, 5) is 0. The lowest BCUT2D eigenvalue weighted by Crippen LogP contribution is -2.24. The molecule has 0 saturated carbocycles. The van der Waals surface area contributed by atoms with Gasteiger partial charge >= 0.3 is 0 Å². The number of hydrogen-bond acceptors (Lipinski definition) is 0. The molecular weight excluding hydrogens is 296 g/mol. The Kier molecular flexibility index (Phi) is 3.94.